The largest absolute Gasteiger partial charge is 0.366 e. The molecule has 92 valence electrons. The SMILES string of the molecule is C/C(=C\c1nc(-c2ccc(C)cc2)cs1)C(N)=O. The lowest BCUT2D eigenvalue weighted by atomic mass is 10.1. The Labute approximate surface area is 110 Å². The number of aromatic nitrogens is 1. The van der Waals surface area contributed by atoms with Crippen molar-refractivity contribution < 1.29 is 4.79 Å². The number of nitrogens with zero attached hydrogens (tertiary/aromatic N) is 1. The summed E-state index contributed by atoms with van der Waals surface area (Å²) in [4.78, 5) is 15.4. The van der Waals surface area contributed by atoms with Gasteiger partial charge < -0.3 is 5.73 Å². The summed E-state index contributed by atoms with van der Waals surface area (Å²) in [5.41, 5.74) is 8.92. The zero-order valence-electron chi connectivity index (χ0n) is 10.3. The van der Waals surface area contributed by atoms with E-state index in [0.717, 1.165) is 16.3 Å². The molecule has 1 amide bonds. The van der Waals surface area contributed by atoms with Crippen LogP contribution in [0.25, 0.3) is 17.3 Å². The van der Waals surface area contributed by atoms with Crippen molar-refractivity contribution >= 4 is 23.3 Å². The summed E-state index contributed by atoms with van der Waals surface area (Å²) in [6, 6.07) is 8.19. The van der Waals surface area contributed by atoms with Crippen molar-refractivity contribution in [2.75, 3.05) is 0 Å². The van der Waals surface area contributed by atoms with Gasteiger partial charge in [0.2, 0.25) is 5.91 Å². The highest BCUT2D eigenvalue weighted by molar-refractivity contribution is 7.10. The molecule has 1 aromatic carbocycles. The third-order valence-corrected chi connectivity index (χ3v) is 3.39. The summed E-state index contributed by atoms with van der Waals surface area (Å²) in [5, 5.41) is 2.77. The molecular formula is C14H14N2OS. The highest BCUT2D eigenvalue weighted by Crippen LogP contribution is 2.23. The van der Waals surface area contributed by atoms with Gasteiger partial charge >= 0.3 is 0 Å². The van der Waals surface area contributed by atoms with Crippen LogP contribution in [0.15, 0.2) is 35.2 Å². The van der Waals surface area contributed by atoms with Gasteiger partial charge in [0.15, 0.2) is 0 Å². The third kappa shape index (κ3) is 2.84. The molecule has 0 fully saturated rings. The second kappa shape index (κ2) is 5.14. The number of rotatable bonds is 3. The van der Waals surface area contributed by atoms with E-state index in [4.69, 9.17) is 5.73 Å². The minimum Gasteiger partial charge on any atom is -0.366 e. The van der Waals surface area contributed by atoms with E-state index in [1.165, 1.54) is 16.9 Å². The maximum atomic E-state index is 10.9. The predicted octanol–water partition coefficient (Wildman–Crippen LogP) is 3.01. The van der Waals surface area contributed by atoms with Gasteiger partial charge in [0.1, 0.15) is 5.01 Å². The van der Waals surface area contributed by atoms with Crippen molar-refractivity contribution in [2.24, 2.45) is 5.73 Å². The Balaban J connectivity index is 2.28. The lowest BCUT2D eigenvalue weighted by molar-refractivity contribution is -0.114. The molecule has 0 aliphatic rings. The van der Waals surface area contributed by atoms with Gasteiger partial charge in [-0.3, -0.25) is 4.79 Å². The Bertz CT molecular complexity index is 597. The Morgan fingerprint density at radius 3 is 2.61 bits per heavy atom. The van der Waals surface area contributed by atoms with E-state index in [9.17, 15) is 4.79 Å². The number of hydrogen-bond acceptors (Lipinski definition) is 3. The normalized spacial score (nSPS) is 11.6. The average Bonchev–Trinajstić information content (AvgIpc) is 2.78. The second-order valence-corrected chi connectivity index (χ2v) is 5.02. The minimum absolute atomic E-state index is 0.415. The fraction of sp³-hybridized carbons (Fsp3) is 0.143. The molecular weight excluding hydrogens is 244 g/mol. The Morgan fingerprint density at radius 1 is 1.33 bits per heavy atom. The average molecular weight is 258 g/mol. The smallest absolute Gasteiger partial charge is 0.244 e. The van der Waals surface area contributed by atoms with Crippen LogP contribution >= 0.6 is 11.3 Å². The maximum Gasteiger partial charge on any atom is 0.244 e. The first kappa shape index (κ1) is 12.5. The molecule has 2 aromatic rings. The van der Waals surface area contributed by atoms with Gasteiger partial charge in [-0.05, 0) is 19.9 Å². The summed E-state index contributed by atoms with van der Waals surface area (Å²) in [7, 11) is 0. The third-order valence-electron chi connectivity index (χ3n) is 2.60. The van der Waals surface area contributed by atoms with Crippen LogP contribution < -0.4 is 5.73 Å². The second-order valence-electron chi connectivity index (χ2n) is 4.13. The van der Waals surface area contributed by atoms with E-state index in [-0.39, 0.29) is 0 Å². The molecule has 18 heavy (non-hydrogen) atoms. The molecule has 0 saturated carbocycles. The summed E-state index contributed by atoms with van der Waals surface area (Å²) in [6.45, 7) is 3.74. The summed E-state index contributed by atoms with van der Waals surface area (Å²) in [5.74, 6) is -0.415. The van der Waals surface area contributed by atoms with Crippen molar-refractivity contribution in [1.29, 1.82) is 0 Å². The number of thiazole rings is 1. The van der Waals surface area contributed by atoms with E-state index >= 15 is 0 Å². The van der Waals surface area contributed by atoms with Crippen LogP contribution in [0.3, 0.4) is 0 Å². The van der Waals surface area contributed by atoms with E-state index in [1.54, 1.807) is 13.0 Å². The summed E-state index contributed by atoms with van der Waals surface area (Å²) in [6.07, 6.45) is 1.71. The van der Waals surface area contributed by atoms with Crippen LogP contribution in [0.1, 0.15) is 17.5 Å². The number of amides is 1. The van der Waals surface area contributed by atoms with Crippen LogP contribution in [0, 0.1) is 6.92 Å². The molecule has 0 aliphatic heterocycles. The van der Waals surface area contributed by atoms with E-state index < -0.39 is 5.91 Å². The molecule has 2 N–H and O–H groups in total. The first-order chi connectivity index (χ1) is 8.56. The molecule has 0 radical (unpaired) electrons. The fourth-order valence-corrected chi connectivity index (χ4v) is 2.28. The molecule has 2 rings (SSSR count). The minimum atomic E-state index is -0.415. The topological polar surface area (TPSA) is 56.0 Å². The molecule has 3 nitrogen and oxygen atoms in total. The summed E-state index contributed by atoms with van der Waals surface area (Å²) < 4.78 is 0. The lowest BCUT2D eigenvalue weighted by Crippen LogP contribution is -2.11. The van der Waals surface area contributed by atoms with E-state index in [1.807, 2.05) is 17.5 Å². The monoisotopic (exact) mass is 258 g/mol. The Hall–Kier alpha value is -1.94. The van der Waals surface area contributed by atoms with Crippen molar-refractivity contribution in [3.63, 3.8) is 0 Å². The number of carbonyl (C=O) groups is 1. The Kier molecular flexibility index (Phi) is 3.58. The van der Waals surface area contributed by atoms with Crippen LogP contribution in [0.4, 0.5) is 0 Å². The number of carbonyl (C=O) groups excluding carboxylic acids is 1. The van der Waals surface area contributed by atoms with Crippen LogP contribution in [0.2, 0.25) is 0 Å². The quantitative estimate of drug-likeness (QED) is 0.860. The van der Waals surface area contributed by atoms with Gasteiger partial charge in [-0.25, -0.2) is 4.98 Å². The molecule has 0 bridgehead atoms. The summed E-state index contributed by atoms with van der Waals surface area (Å²) >= 11 is 1.50. The zero-order valence-corrected chi connectivity index (χ0v) is 11.1. The molecule has 1 aromatic heterocycles. The molecule has 4 heteroatoms. The predicted molar refractivity (Wildman–Crippen MR) is 75.1 cm³/mol. The van der Waals surface area contributed by atoms with Crippen molar-refractivity contribution in [2.45, 2.75) is 13.8 Å². The van der Waals surface area contributed by atoms with Crippen LogP contribution in [0.5, 0.6) is 0 Å². The van der Waals surface area contributed by atoms with Gasteiger partial charge in [-0.15, -0.1) is 11.3 Å². The van der Waals surface area contributed by atoms with Crippen LogP contribution in [-0.4, -0.2) is 10.9 Å². The first-order valence-corrected chi connectivity index (χ1v) is 6.45. The Morgan fingerprint density at radius 2 is 2.00 bits per heavy atom. The maximum absolute atomic E-state index is 10.9. The number of aryl methyl sites for hydroxylation is 1. The van der Waals surface area contributed by atoms with Crippen molar-refractivity contribution in [3.8, 4) is 11.3 Å². The lowest BCUT2D eigenvalue weighted by Gasteiger charge is -1.96. The molecule has 1 heterocycles. The van der Waals surface area contributed by atoms with Gasteiger partial charge in [0, 0.05) is 16.5 Å². The molecule has 0 aliphatic carbocycles. The molecule has 0 unspecified atom stereocenters. The molecule has 0 spiro atoms. The van der Waals surface area contributed by atoms with Crippen LogP contribution in [-0.2, 0) is 4.79 Å². The highest BCUT2D eigenvalue weighted by Gasteiger charge is 2.04. The fourth-order valence-electron chi connectivity index (χ4n) is 1.47. The standard InChI is InChI=1S/C14H14N2OS/c1-9-3-5-11(6-4-9)12-8-18-13(16-12)7-10(2)14(15)17/h3-8H,1-2H3,(H2,15,17)/b10-7+. The number of nitrogens with two attached hydrogens (primary N) is 1. The van der Waals surface area contributed by atoms with Crippen molar-refractivity contribution in [3.05, 3.63) is 45.8 Å². The highest BCUT2D eigenvalue weighted by atomic mass is 32.1. The first-order valence-electron chi connectivity index (χ1n) is 5.57. The molecule has 0 atom stereocenters. The zero-order chi connectivity index (χ0) is 13.1. The van der Waals surface area contributed by atoms with Gasteiger partial charge in [-0.2, -0.15) is 0 Å². The molecule has 0 saturated heterocycles. The van der Waals surface area contributed by atoms with Gasteiger partial charge in [0.25, 0.3) is 0 Å². The number of primary amides is 1. The number of hydrogen-bond donors (Lipinski definition) is 1. The number of benzene rings is 1. The van der Waals surface area contributed by atoms with E-state index in [2.05, 4.69) is 24.0 Å². The van der Waals surface area contributed by atoms with Gasteiger partial charge in [0.05, 0.1) is 5.69 Å². The van der Waals surface area contributed by atoms with E-state index in [0.29, 0.717) is 5.57 Å². The van der Waals surface area contributed by atoms with Gasteiger partial charge in [-0.1, -0.05) is 29.8 Å². The van der Waals surface area contributed by atoms with Crippen molar-refractivity contribution in [1.82, 2.24) is 4.98 Å².